The van der Waals surface area contributed by atoms with Crippen LogP contribution in [0.1, 0.15) is 5.56 Å². The minimum atomic E-state index is -1.75. The molecule has 0 saturated heterocycles. The molecule has 0 fully saturated rings. The summed E-state index contributed by atoms with van der Waals surface area (Å²) in [7, 11) is 4.15. The summed E-state index contributed by atoms with van der Waals surface area (Å²) in [4.78, 5) is 10.4. The van der Waals surface area contributed by atoms with Gasteiger partial charge in [-0.25, -0.2) is 0 Å². The van der Waals surface area contributed by atoms with Crippen LogP contribution in [0.3, 0.4) is 0 Å². The number of hydrogen-bond donors (Lipinski definition) is 0. The summed E-state index contributed by atoms with van der Waals surface area (Å²) in [6, 6.07) is 10.5. The molecule has 1 rings (SSSR count). The molecule has 15 heavy (non-hydrogen) atoms. The van der Waals surface area contributed by atoms with E-state index in [4.69, 9.17) is 15.3 Å². The molecular formula is C9H13CaN2O3+. The molecule has 0 unspecified atom stereocenters. The second-order valence-corrected chi connectivity index (χ2v) is 2.95. The molecule has 0 spiro atoms. The van der Waals surface area contributed by atoms with Gasteiger partial charge < -0.3 is 20.2 Å². The van der Waals surface area contributed by atoms with E-state index in [2.05, 4.69) is 43.3 Å². The van der Waals surface area contributed by atoms with Crippen molar-refractivity contribution in [2.45, 2.75) is 6.54 Å². The van der Waals surface area contributed by atoms with E-state index in [1.807, 2.05) is 6.07 Å². The summed E-state index contributed by atoms with van der Waals surface area (Å²) < 4.78 is 0. The molecule has 0 radical (unpaired) electrons. The smallest absolute Gasteiger partial charge is 0.356 e. The predicted molar refractivity (Wildman–Crippen MR) is 59.9 cm³/mol. The molecule has 0 N–H and O–H groups in total. The molecule has 0 heterocycles. The van der Waals surface area contributed by atoms with Gasteiger partial charge in [-0.05, 0) is 19.7 Å². The van der Waals surface area contributed by atoms with E-state index in [0.717, 1.165) is 6.54 Å². The second kappa shape index (κ2) is 10.2. The molecule has 0 bridgehead atoms. The zero-order valence-corrected chi connectivity index (χ0v) is 11.1. The molecule has 0 saturated carbocycles. The van der Waals surface area contributed by atoms with Crippen LogP contribution in [-0.4, -0.2) is 61.8 Å². The monoisotopic (exact) mass is 237 g/mol. The number of nitrogens with zero attached hydrogens (tertiary/aromatic N) is 2. The first kappa shape index (κ1) is 17.0. The Morgan fingerprint density at radius 2 is 1.60 bits per heavy atom. The fourth-order valence-electron chi connectivity index (χ4n) is 0.949. The second-order valence-electron chi connectivity index (χ2n) is 2.95. The Labute approximate surface area is 119 Å². The molecule has 0 aliphatic carbocycles. The standard InChI is InChI=1S/C9H13N.Ca.NO3/c1-10(2)8-9-6-4-3-5-7-9;;2-1(3)4/h3-7H,8H2,1-2H3;;/q;+2;-1. The van der Waals surface area contributed by atoms with Gasteiger partial charge in [-0.15, -0.1) is 0 Å². The zero-order chi connectivity index (χ0) is 11.0. The van der Waals surface area contributed by atoms with Crippen LogP contribution in [-0.2, 0) is 6.54 Å². The van der Waals surface area contributed by atoms with Crippen molar-refractivity contribution in [2.75, 3.05) is 14.1 Å². The average Bonchev–Trinajstić information content (AvgIpc) is 2.03. The number of benzene rings is 1. The molecule has 78 valence electrons. The Morgan fingerprint density at radius 1 is 1.20 bits per heavy atom. The summed E-state index contributed by atoms with van der Waals surface area (Å²) in [6.45, 7) is 1.03. The van der Waals surface area contributed by atoms with Crippen molar-refractivity contribution in [1.82, 2.24) is 4.90 Å². The van der Waals surface area contributed by atoms with Gasteiger partial charge in [0.25, 0.3) is 0 Å². The van der Waals surface area contributed by atoms with E-state index in [-0.39, 0.29) is 37.7 Å². The molecule has 1 aromatic carbocycles. The summed E-state index contributed by atoms with van der Waals surface area (Å²) in [5.74, 6) is 0. The van der Waals surface area contributed by atoms with Crippen molar-refractivity contribution in [3.8, 4) is 0 Å². The minimum Gasteiger partial charge on any atom is -0.356 e. The van der Waals surface area contributed by atoms with E-state index < -0.39 is 5.09 Å². The van der Waals surface area contributed by atoms with Crippen LogP contribution in [0, 0.1) is 15.3 Å². The third-order valence-electron chi connectivity index (χ3n) is 1.34. The van der Waals surface area contributed by atoms with Gasteiger partial charge in [0.2, 0.25) is 0 Å². The normalized spacial score (nSPS) is 8.47. The quantitative estimate of drug-likeness (QED) is 0.439. The number of rotatable bonds is 2. The van der Waals surface area contributed by atoms with Gasteiger partial charge in [0.05, 0.1) is 5.09 Å². The topological polar surface area (TPSA) is 69.4 Å². The van der Waals surface area contributed by atoms with Gasteiger partial charge in [-0.3, -0.25) is 0 Å². The van der Waals surface area contributed by atoms with Crippen LogP contribution < -0.4 is 0 Å². The molecule has 1 aromatic rings. The maximum Gasteiger partial charge on any atom is 2.00 e. The van der Waals surface area contributed by atoms with E-state index in [0.29, 0.717) is 0 Å². The Bertz CT molecular complexity index is 263. The van der Waals surface area contributed by atoms with Crippen molar-refractivity contribution in [2.24, 2.45) is 0 Å². The Hall–Kier alpha value is -0.360. The summed E-state index contributed by atoms with van der Waals surface area (Å²) in [5.41, 5.74) is 1.37. The third-order valence-corrected chi connectivity index (χ3v) is 1.34. The van der Waals surface area contributed by atoms with Gasteiger partial charge in [-0.2, -0.15) is 0 Å². The summed E-state index contributed by atoms with van der Waals surface area (Å²) >= 11 is 0. The fraction of sp³-hybridized carbons (Fsp3) is 0.333. The summed E-state index contributed by atoms with van der Waals surface area (Å²) in [5, 5.41) is 14.8. The molecule has 0 amide bonds. The van der Waals surface area contributed by atoms with Crippen LogP contribution in [0.25, 0.3) is 0 Å². The van der Waals surface area contributed by atoms with Crippen LogP contribution >= 0.6 is 0 Å². The van der Waals surface area contributed by atoms with Gasteiger partial charge in [0.1, 0.15) is 0 Å². The SMILES string of the molecule is CN(C)Cc1ccccc1.O=[N+]([O-])[O-].[Ca+2]. The van der Waals surface area contributed by atoms with Crippen molar-refractivity contribution >= 4 is 37.7 Å². The zero-order valence-electron chi connectivity index (χ0n) is 8.92. The van der Waals surface area contributed by atoms with Gasteiger partial charge in [0.15, 0.2) is 0 Å². The van der Waals surface area contributed by atoms with E-state index >= 15 is 0 Å². The predicted octanol–water partition coefficient (Wildman–Crippen LogP) is 1.13. The van der Waals surface area contributed by atoms with Gasteiger partial charge >= 0.3 is 37.7 Å². The van der Waals surface area contributed by atoms with Crippen molar-refractivity contribution in [3.63, 3.8) is 0 Å². The van der Waals surface area contributed by atoms with Crippen molar-refractivity contribution in [1.29, 1.82) is 0 Å². The van der Waals surface area contributed by atoms with Crippen LogP contribution in [0.15, 0.2) is 30.3 Å². The molecule has 0 aromatic heterocycles. The maximum absolute atomic E-state index is 8.25. The largest absolute Gasteiger partial charge is 2.00 e. The Morgan fingerprint density at radius 3 is 1.93 bits per heavy atom. The summed E-state index contributed by atoms with van der Waals surface area (Å²) in [6.07, 6.45) is 0. The third kappa shape index (κ3) is 13.6. The average molecular weight is 237 g/mol. The van der Waals surface area contributed by atoms with E-state index in [1.54, 1.807) is 0 Å². The van der Waals surface area contributed by atoms with E-state index in [1.165, 1.54) is 5.56 Å². The maximum atomic E-state index is 8.25. The first-order chi connectivity index (χ1) is 6.52. The molecule has 6 heteroatoms. The molecule has 0 aliphatic rings. The molecule has 0 atom stereocenters. The van der Waals surface area contributed by atoms with Gasteiger partial charge in [-0.1, -0.05) is 30.3 Å². The Balaban J connectivity index is 0. The number of hydrogen-bond acceptors (Lipinski definition) is 4. The van der Waals surface area contributed by atoms with Gasteiger partial charge in [0, 0.05) is 6.54 Å². The minimum absolute atomic E-state index is 0. The first-order valence-corrected chi connectivity index (χ1v) is 4.02. The van der Waals surface area contributed by atoms with E-state index in [9.17, 15) is 0 Å². The Kier molecular flexibility index (Phi) is 11.6. The van der Waals surface area contributed by atoms with Crippen molar-refractivity contribution in [3.05, 3.63) is 51.2 Å². The fourth-order valence-corrected chi connectivity index (χ4v) is 0.949. The molecule has 5 nitrogen and oxygen atoms in total. The molecule has 0 aliphatic heterocycles. The van der Waals surface area contributed by atoms with Crippen molar-refractivity contribution < 1.29 is 5.09 Å². The first-order valence-electron chi connectivity index (χ1n) is 4.02. The van der Waals surface area contributed by atoms with Crippen LogP contribution in [0.4, 0.5) is 0 Å². The molecular weight excluding hydrogens is 224 g/mol. The van der Waals surface area contributed by atoms with Crippen LogP contribution in [0.5, 0.6) is 0 Å². The van der Waals surface area contributed by atoms with Crippen LogP contribution in [0.2, 0.25) is 0 Å².